The van der Waals surface area contributed by atoms with Crippen molar-refractivity contribution in [3.63, 3.8) is 0 Å². The molecule has 0 aliphatic heterocycles. The molecule has 4 rings (SSSR count). The first-order valence-corrected chi connectivity index (χ1v) is 8.34. The van der Waals surface area contributed by atoms with Gasteiger partial charge in [0.05, 0.1) is 0 Å². The quantitative estimate of drug-likeness (QED) is 0.918. The third kappa shape index (κ3) is 3.09. The van der Waals surface area contributed by atoms with Gasteiger partial charge in [0.15, 0.2) is 0 Å². The summed E-state index contributed by atoms with van der Waals surface area (Å²) < 4.78 is 0. The second kappa shape index (κ2) is 5.08. The van der Waals surface area contributed by atoms with Crippen molar-refractivity contribution in [3.05, 3.63) is 18.0 Å². The lowest BCUT2D eigenvalue weighted by molar-refractivity contribution is -0.117. The van der Waals surface area contributed by atoms with Gasteiger partial charge in [0.25, 0.3) is 0 Å². The molecule has 1 amide bonds. The minimum atomic E-state index is 0.0749. The second-order valence-electron chi connectivity index (χ2n) is 7.31. The van der Waals surface area contributed by atoms with Crippen molar-refractivity contribution in [3.8, 4) is 0 Å². The van der Waals surface area contributed by atoms with Gasteiger partial charge in [-0.05, 0) is 74.2 Å². The van der Waals surface area contributed by atoms with Crippen LogP contribution in [0.25, 0.3) is 0 Å². The molecule has 1 spiro atoms. The van der Waals surface area contributed by atoms with Crippen molar-refractivity contribution in [2.45, 2.75) is 63.7 Å². The first-order valence-electron chi connectivity index (χ1n) is 8.34. The largest absolute Gasteiger partial charge is 0.295 e. The van der Waals surface area contributed by atoms with Crippen LogP contribution in [0.5, 0.6) is 0 Å². The van der Waals surface area contributed by atoms with Gasteiger partial charge < -0.3 is 0 Å². The summed E-state index contributed by atoms with van der Waals surface area (Å²) in [4.78, 5) is 20.6. The Balaban J connectivity index is 1.27. The van der Waals surface area contributed by atoms with Gasteiger partial charge in [-0.25, -0.2) is 9.97 Å². The first-order chi connectivity index (χ1) is 10.2. The van der Waals surface area contributed by atoms with Crippen LogP contribution in [0.4, 0.5) is 5.95 Å². The number of nitrogens with zero attached hydrogens (tertiary/aromatic N) is 2. The lowest BCUT2D eigenvalue weighted by Gasteiger charge is -2.27. The fourth-order valence-electron chi connectivity index (χ4n) is 3.64. The average Bonchev–Trinajstić information content (AvgIpc) is 3.39. The summed E-state index contributed by atoms with van der Waals surface area (Å²) in [5.74, 6) is 1.75. The third-order valence-corrected chi connectivity index (χ3v) is 5.57. The zero-order valence-electron chi connectivity index (χ0n) is 12.5. The molecule has 0 saturated heterocycles. The molecular weight excluding hydrogens is 262 g/mol. The van der Waals surface area contributed by atoms with E-state index in [0.717, 1.165) is 0 Å². The molecule has 1 aromatic heterocycles. The Labute approximate surface area is 125 Å². The Morgan fingerprint density at radius 2 is 1.76 bits per heavy atom. The van der Waals surface area contributed by atoms with E-state index in [2.05, 4.69) is 15.3 Å². The van der Waals surface area contributed by atoms with Gasteiger partial charge in [0.2, 0.25) is 11.9 Å². The molecule has 3 fully saturated rings. The van der Waals surface area contributed by atoms with Crippen LogP contribution >= 0.6 is 0 Å². The minimum absolute atomic E-state index is 0.0749. The van der Waals surface area contributed by atoms with Crippen molar-refractivity contribution in [2.24, 2.45) is 11.3 Å². The molecule has 1 heterocycles. The van der Waals surface area contributed by atoms with Gasteiger partial charge in [-0.3, -0.25) is 10.1 Å². The number of carbonyl (C=O) groups excluding carboxylic acids is 1. The van der Waals surface area contributed by atoms with E-state index < -0.39 is 0 Å². The number of carbonyl (C=O) groups is 1. The molecule has 4 nitrogen and oxygen atoms in total. The van der Waals surface area contributed by atoms with Gasteiger partial charge >= 0.3 is 0 Å². The molecule has 0 radical (unpaired) electrons. The summed E-state index contributed by atoms with van der Waals surface area (Å²) in [6, 6.07) is 0. The highest BCUT2D eigenvalue weighted by molar-refractivity contribution is 5.89. The molecule has 4 heteroatoms. The fraction of sp³-hybridized carbons (Fsp3) is 0.706. The standard InChI is InChI=1S/C17H23N3O/c21-15(9-12-3-5-17(6-4-12)7-8-17)20-16-18-10-14(11-19-16)13-1-2-13/h10-13H,1-9H2,(H,18,19,20,21). The summed E-state index contributed by atoms with van der Waals surface area (Å²) in [6.07, 6.45) is 14.8. The van der Waals surface area contributed by atoms with Crippen LogP contribution in [-0.2, 0) is 4.79 Å². The maximum atomic E-state index is 12.1. The molecule has 21 heavy (non-hydrogen) atoms. The van der Waals surface area contributed by atoms with Crippen molar-refractivity contribution in [1.82, 2.24) is 9.97 Å². The van der Waals surface area contributed by atoms with E-state index in [1.807, 2.05) is 12.4 Å². The topological polar surface area (TPSA) is 54.9 Å². The number of anilines is 1. The van der Waals surface area contributed by atoms with E-state index in [1.54, 1.807) is 0 Å². The summed E-state index contributed by atoms with van der Waals surface area (Å²) >= 11 is 0. The summed E-state index contributed by atoms with van der Waals surface area (Å²) in [5.41, 5.74) is 1.91. The van der Waals surface area contributed by atoms with Crippen LogP contribution < -0.4 is 5.32 Å². The molecule has 112 valence electrons. The van der Waals surface area contributed by atoms with Gasteiger partial charge in [-0.15, -0.1) is 0 Å². The molecule has 0 unspecified atom stereocenters. The Morgan fingerprint density at radius 3 is 2.33 bits per heavy atom. The Hall–Kier alpha value is -1.45. The van der Waals surface area contributed by atoms with E-state index in [1.165, 1.54) is 56.9 Å². The van der Waals surface area contributed by atoms with Gasteiger partial charge in [-0.2, -0.15) is 0 Å². The number of hydrogen-bond donors (Lipinski definition) is 1. The molecule has 0 bridgehead atoms. The number of rotatable bonds is 4. The number of nitrogens with one attached hydrogen (secondary N) is 1. The fourth-order valence-corrected chi connectivity index (χ4v) is 3.64. The summed E-state index contributed by atoms with van der Waals surface area (Å²) in [5, 5.41) is 2.85. The Kier molecular flexibility index (Phi) is 3.20. The Bertz CT molecular complexity index is 521. The molecule has 3 aliphatic rings. The summed E-state index contributed by atoms with van der Waals surface area (Å²) in [6.45, 7) is 0. The second-order valence-corrected chi connectivity index (χ2v) is 7.31. The summed E-state index contributed by atoms with van der Waals surface area (Å²) in [7, 11) is 0. The highest BCUT2D eigenvalue weighted by atomic mass is 16.1. The van der Waals surface area contributed by atoms with E-state index in [0.29, 0.717) is 29.6 Å². The molecule has 1 N–H and O–H groups in total. The molecule has 0 aromatic carbocycles. The molecular formula is C17H23N3O. The van der Waals surface area contributed by atoms with Crippen LogP contribution in [0.1, 0.15) is 69.3 Å². The van der Waals surface area contributed by atoms with E-state index >= 15 is 0 Å². The molecule has 3 aliphatic carbocycles. The maximum absolute atomic E-state index is 12.1. The molecule has 3 saturated carbocycles. The zero-order valence-corrected chi connectivity index (χ0v) is 12.5. The van der Waals surface area contributed by atoms with Crippen LogP contribution in [-0.4, -0.2) is 15.9 Å². The smallest absolute Gasteiger partial charge is 0.229 e. The van der Waals surface area contributed by atoms with Crippen molar-refractivity contribution in [1.29, 1.82) is 0 Å². The van der Waals surface area contributed by atoms with E-state index in [-0.39, 0.29) is 5.91 Å². The van der Waals surface area contributed by atoms with Crippen molar-refractivity contribution < 1.29 is 4.79 Å². The van der Waals surface area contributed by atoms with Gasteiger partial charge in [-0.1, -0.05) is 0 Å². The SMILES string of the molecule is O=C(CC1CCC2(CC1)CC2)Nc1ncc(C2CC2)cn1. The number of hydrogen-bond acceptors (Lipinski definition) is 3. The Morgan fingerprint density at radius 1 is 1.10 bits per heavy atom. The maximum Gasteiger partial charge on any atom is 0.229 e. The van der Waals surface area contributed by atoms with Crippen LogP contribution in [0.3, 0.4) is 0 Å². The average molecular weight is 285 g/mol. The number of amides is 1. The molecule has 1 aromatic rings. The predicted octanol–water partition coefficient (Wildman–Crippen LogP) is 3.65. The van der Waals surface area contributed by atoms with Gasteiger partial charge in [0.1, 0.15) is 0 Å². The first kappa shape index (κ1) is 13.2. The van der Waals surface area contributed by atoms with E-state index in [9.17, 15) is 4.79 Å². The molecule has 0 atom stereocenters. The van der Waals surface area contributed by atoms with Crippen LogP contribution in [0, 0.1) is 11.3 Å². The zero-order chi connectivity index (χ0) is 14.3. The van der Waals surface area contributed by atoms with Gasteiger partial charge in [0, 0.05) is 18.8 Å². The van der Waals surface area contributed by atoms with Crippen LogP contribution in [0.2, 0.25) is 0 Å². The van der Waals surface area contributed by atoms with Crippen molar-refractivity contribution >= 4 is 11.9 Å². The lowest BCUT2D eigenvalue weighted by Crippen LogP contribution is -2.22. The third-order valence-electron chi connectivity index (χ3n) is 5.57. The lowest BCUT2D eigenvalue weighted by atomic mass is 9.78. The minimum Gasteiger partial charge on any atom is -0.295 e. The van der Waals surface area contributed by atoms with Crippen LogP contribution in [0.15, 0.2) is 12.4 Å². The highest BCUT2D eigenvalue weighted by Crippen LogP contribution is 2.57. The predicted molar refractivity (Wildman–Crippen MR) is 80.9 cm³/mol. The number of aromatic nitrogens is 2. The normalized spacial score (nSPS) is 24.0. The van der Waals surface area contributed by atoms with E-state index in [4.69, 9.17) is 0 Å². The monoisotopic (exact) mass is 285 g/mol. The highest BCUT2D eigenvalue weighted by Gasteiger charge is 2.44. The van der Waals surface area contributed by atoms with Crippen molar-refractivity contribution in [2.75, 3.05) is 5.32 Å².